The highest BCUT2D eigenvalue weighted by molar-refractivity contribution is 8.03. The third-order valence-corrected chi connectivity index (χ3v) is 2.82. The van der Waals surface area contributed by atoms with E-state index in [1.807, 2.05) is 0 Å². The molecule has 3 nitrogen and oxygen atoms in total. The number of thiol groups is 2. The molecule has 0 unspecified atom stereocenters. The van der Waals surface area contributed by atoms with Gasteiger partial charge < -0.3 is 13.7 Å². The lowest BCUT2D eigenvalue weighted by Crippen LogP contribution is -2.08. The molecule has 1 aliphatic heterocycles. The molecule has 1 rings (SSSR count). The summed E-state index contributed by atoms with van der Waals surface area (Å²) in [7, 11) is 0. The van der Waals surface area contributed by atoms with Crippen molar-refractivity contribution in [2.24, 2.45) is 0 Å². The van der Waals surface area contributed by atoms with Crippen LogP contribution >= 0.6 is 37.6 Å². The van der Waals surface area contributed by atoms with E-state index in [1.54, 1.807) is 11.8 Å². The van der Waals surface area contributed by atoms with Crippen LogP contribution in [0.5, 0.6) is 0 Å². The maximum atomic E-state index is 4.75. The first-order chi connectivity index (χ1) is 5.88. The summed E-state index contributed by atoms with van der Waals surface area (Å²) in [5.41, 5.74) is 1.18. The average Bonchev–Trinajstić information content (AvgIpc) is 2.50. The Balaban J connectivity index is 2.39. The van der Waals surface area contributed by atoms with Crippen molar-refractivity contribution in [2.45, 2.75) is 6.42 Å². The summed E-state index contributed by atoms with van der Waals surface area (Å²) in [5.74, 6) is 0.911. The highest BCUT2D eigenvalue weighted by Gasteiger charge is 2.13. The van der Waals surface area contributed by atoms with E-state index in [-0.39, 0.29) is 0 Å². The van der Waals surface area contributed by atoms with Gasteiger partial charge in [0, 0.05) is 17.0 Å². The van der Waals surface area contributed by atoms with Gasteiger partial charge in [0.15, 0.2) is 0 Å². The monoisotopic (exact) mass is 225 g/mol. The van der Waals surface area contributed by atoms with E-state index < -0.39 is 0 Å². The number of hydrogen-bond donors (Lipinski definition) is 3. The molecule has 0 atom stereocenters. The maximum Gasteiger partial charge on any atom is 0.0937 e. The van der Waals surface area contributed by atoms with E-state index in [0.717, 1.165) is 12.3 Å². The van der Waals surface area contributed by atoms with Crippen LogP contribution in [-0.4, -0.2) is 19.1 Å². The lowest BCUT2D eigenvalue weighted by Gasteiger charge is -2.03. The summed E-state index contributed by atoms with van der Waals surface area (Å²) < 4.78 is 9.43. The minimum atomic E-state index is 0.558. The van der Waals surface area contributed by atoms with Crippen LogP contribution in [0.15, 0.2) is 10.6 Å². The van der Waals surface area contributed by atoms with Gasteiger partial charge in [-0.25, -0.2) is 0 Å². The Morgan fingerprint density at radius 3 is 2.92 bits per heavy atom. The van der Waals surface area contributed by atoms with Gasteiger partial charge in [-0.05, 0) is 25.8 Å². The van der Waals surface area contributed by atoms with Gasteiger partial charge in [-0.2, -0.15) is 0 Å². The molecular formula is C6H11NO2S3. The van der Waals surface area contributed by atoms with Gasteiger partial charge >= 0.3 is 0 Å². The fraction of sp³-hybridized carbons (Fsp3) is 0.667. The number of rotatable bonds is 5. The van der Waals surface area contributed by atoms with Crippen molar-refractivity contribution in [3.8, 4) is 0 Å². The molecule has 70 valence electrons. The van der Waals surface area contributed by atoms with Crippen LogP contribution < -0.4 is 5.32 Å². The van der Waals surface area contributed by atoms with Gasteiger partial charge in [-0.15, -0.1) is 11.8 Å². The maximum absolute atomic E-state index is 4.75. The quantitative estimate of drug-likeness (QED) is 0.490. The van der Waals surface area contributed by atoms with Gasteiger partial charge in [0.1, 0.15) is 0 Å². The van der Waals surface area contributed by atoms with E-state index in [2.05, 4.69) is 35.3 Å². The molecule has 0 aliphatic carbocycles. The predicted molar refractivity (Wildman–Crippen MR) is 57.1 cm³/mol. The first kappa shape index (κ1) is 10.6. The molecule has 0 saturated heterocycles. The normalized spacial score (nSPS) is 16.8. The van der Waals surface area contributed by atoms with E-state index in [0.29, 0.717) is 13.2 Å². The van der Waals surface area contributed by atoms with E-state index in [4.69, 9.17) is 4.18 Å². The lowest BCUT2D eigenvalue weighted by atomic mass is 10.3. The van der Waals surface area contributed by atoms with E-state index in [9.17, 15) is 0 Å². The first-order valence-electron chi connectivity index (χ1n) is 3.50. The first-order valence-corrected chi connectivity index (χ1v) is 5.21. The van der Waals surface area contributed by atoms with Gasteiger partial charge in [-0.1, -0.05) is 0 Å². The zero-order valence-corrected chi connectivity index (χ0v) is 9.05. The Morgan fingerprint density at radius 2 is 2.25 bits per heavy atom. The molecule has 0 aromatic heterocycles. The standard InChI is InChI=1S/C6H11NO2S3/c10-8-2-1-5-6(3-9-11)12-4-7-5/h7,10-11H,1-4H2. The minimum absolute atomic E-state index is 0.558. The average molecular weight is 225 g/mol. The molecule has 0 radical (unpaired) electrons. The second kappa shape index (κ2) is 6.04. The molecule has 12 heavy (non-hydrogen) atoms. The molecule has 0 spiro atoms. The summed E-state index contributed by atoms with van der Waals surface area (Å²) in [6, 6.07) is 0. The van der Waals surface area contributed by atoms with Gasteiger partial charge in [0.25, 0.3) is 0 Å². The van der Waals surface area contributed by atoms with Crippen molar-refractivity contribution in [3.05, 3.63) is 10.6 Å². The smallest absolute Gasteiger partial charge is 0.0937 e. The highest BCUT2D eigenvalue weighted by Crippen LogP contribution is 2.26. The fourth-order valence-corrected chi connectivity index (χ4v) is 2.18. The van der Waals surface area contributed by atoms with Gasteiger partial charge in [0.05, 0.1) is 19.1 Å². The van der Waals surface area contributed by atoms with Crippen molar-refractivity contribution in [2.75, 3.05) is 19.1 Å². The van der Waals surface area contributed by atoms with Crippen LogP contribution in [0.1, 0.15) is 6.42 Å². The topological polar surface area (TPSA) is 30.5 Å². The van der Waals surface area contributed by atoms with E-state index >= 15 is 0 Å². The van der Waals surface area contributed by atoms with Crippen LogP contribution in [-0.2, 0) is 8.37 Å². The third-order valence-electron chi connectivity index (χ3n) is 1.51. The molecule has 0 amide bonds. The van der Waals surface area contributed by atoms with Crippen molar-refractivity contribution in [1.82, 2.24) is 5.32 Å². The van der Waals surface area contributed by atoms with Crippen LogP contribution in [0, 0.1) is 0 Å². The zero-order valence-electron chi connectivity index (χ0n) is 6.45. The molecule has 0 aromatic rings. The Bertz CT molecular complexity index is 174. The minimum Gasteiger partial charge on any atom is -0.378 e. The molecule has 0 aromatic carbocycles. The van der Waals surface area contributed by atoms with Crippen molar-refractivity contribution in [3.63, 3.8) is 0 Å². The molecule has 1 N–H and O–H groups in total. The molecule has 0 fully saturated rings. The molecule has 0 saturated carbocycles. The summed E-state index contributed by atoms with van der Waals surface area (Å²) >= 11 is 9.12. The molecular weight excluding hydrogens is 214 g/mol. The van der Waals surface area contributed by atoms with Crippen LogP contribution in [0.25, 0.3) is 0 Å². The van der Waals surface area contributed by atoms with Crippen molar-refractivity contribution < 1.29 is 8.37 Å². The van der Waals surface area contributed by atoms with Gasteiger partial charge in [-0.3, -0.25) is 0 Å². The summed E-state index contributed by atoms with van der Waals surface area (Å²) in [4.78, 5) is 1.20. The van der Waals surface area contributed by atoms with Gasteiger partial charge in [0.2, 0.25) is 0 Å². The molecule has 6 heteroatoms. The summed E-state index contributed by atoms with van der Waals surface area (Å²) in [6.07, 6.45) is 0.850. The second-order valence-corrected chi connectivity index (χ2v) is 3.81. The second-order valence-electron chi connectivity index (χ2n) is 2.22. The molecule has 1 heterocycles. The number of nitrogens with one attached hydrogen (secondary N) is 1. The number of hydrogen-bond acceptors (Lipinski definition) is 6. The zero-order chi connectivity index (χ0) is 8.81. The Labute approximate surface area is 87.5 Å². The lowest BCUT2D eigenvalue weighted by molar-refractivity contribution is 0.380. The van der Waals surface area contributed by atoms with E-state index in [1.165, 1.54) is 10.6 Å². The third kappa shape index (κ3) is 3.10. The highest BCUT2D eigenvalue weighted by atomic mass is 32.2. The summed E-state index contributed by atoms with van der Waals surface area (Å²) in [5, 5.41) is 3.24. The molecule has 0 bridgehead atoms. The molecule has 1 aliphatic rings. The SMILES string of the molecule is SOCCC1=C(COS)SCN1. The summed E-state index contributed by atoms with van der Waals surface area (Å²) in [6.45, 7) is 1.17. The Morgan fingerprint density at radius 1 is 1.42 bits per heavy atom. The van der Waals surface area contributed by atoms with Crippen LogP contribution in [0.2, 0.25) is 0 Å². The van der Waals surface area contributed by atoms with Crippen molar-refractivity contribution >= 4 is 37.6 Å². The Kier molecular flexibility index (Phi) is 5.33. The van der Waals surface area contributed by atoms with Crippen molar-refractivity contribution in [1.29, 1.82) is 0 Å². The Hall–Kier alpha value is 0.510. The van der Waals surface area contributed by atoms with Crippen LogP contribution in [0.3, 0.4) is 0 Å². The fourth-order valence-electron chi connectivity index (χ4n) is 0.959. The number of thioether (sulfide) groups is 1. The largest absolute Gasteiger partial charge is 0.378 e. The van der Waals surface area contributed by atoms with Crippen LogP contribution in [0.4, 0.5) is 0 Å². The predicted octanol–water partition coefficient (Wildman–Crippen LogP) is 1.60.